The minimum atomic E-state index is 0.139. The van der Waals surface area contributed by atoms with E-state index < -0.39 is 0 Å². The highest BCUT2D eigenvalue weighted by atomic mass is 16.6. The third-order valence-corrected chi connectivity index (χ3v) is 8.05. The van der Waals surface area contributed by atoms with Crippen LogP contribution in [0.2, 0.25) is 0 Å². The third-order valence-electron chi connectivity index (χ3n) is 8.05. The van der Waals surface area contributed by atoms with Crippen LogP contribution < -0.4 is 0 Å². The van der Waals surface area contributed by atoms with Crippen molar-refractivity contribution in [3.63, 3.8) is 0 Å². The molecule has 2 nitrogen and oxygen atoms in total. The number of hydrogen-bond acceptors (Lipinski definition) is 2. The molecule has 0 amide bonds. The quantitative estimate of drug-likeness (QED) is 0.586. The molecular weight excluding hydrogens is 308 g/mol. The SMILES string of the molecule is CC1CC(C(C)(C)C)C2OC2(CC2CC(C)CC3(C(C)(C)C)OC23)C1. The van der Waals surface area contributed by atoms with Gasteiger partial charge in [-0.2, -0.15) is 0 Å². The van der Waals surface area contributed by atoms with E-state index in [-0.39, 0.29) is 16.6 Å². The largest absolute Gasteiger partial charge is 0.366 e. The molecule has 0 radical (unpaired) electrons. The van der Waals surface area contributed by atoms with Crippen molar-refractivity contribution in [3.05, 3.63) is 0 Å². The van der Waals surface area contributed by atoms with Crippen LogP contribution in [0.4, 0.5) is 0 Å². The molecule has 4 fully saturated rings. The van der Waals surface area contributed by atoms with Crippen molar-refractivity contribution in [3.8, 4) is 0 Å². The number of hydrogen-bond donors (Lipinski definition) is 0. The van der Waals surface area contributed by atoms with Gasteiger partial charge in [0, 0.05) is 0 Å². The Balaban J connectivity index is 1.51. The molecule has 0 aromatic heterocycles. The summed E-state index contributed by atoms with van der Waals surface area (Å²) in [7, 11) is 0. The van der Waals surface area contributed by atoms with Crippen LogP contribution >= 0.6 is 0 Å². The second kappa shape index (κ2) is 5.25. The highest BCUT2D eigenvalue weighted by molar-refractivity contribution is 5.19. The van der Waals surface area contributed by atoms with Gasteiger partial charge < -0.3 is 9.47 Å². The molecule has 8 atom stereocenters. The third kappa shape index (κ3) is 2.81. The lowest BCUT2D eigenvalue weighted by Gasteiger charge is -2.40. The van der Waals surface area contributed by atoms with Gasteiger partial charge >= 0.3 is 0 Å². The molecule has 25 heavy (non-hydrogen) atoms. The normalized spacial score (nSPS) is 52.3. The molecule has 2 aliphatic carbocycles. The Kier molecular flexibility index (Phi) is 3.84. The standard InChI is InChI=1S/C23H40O2/c1-14-9-16(18-23(12-14,25-18)21(6,7)8)13-22-11-15(2)10-17(19(22)24-22)20(3,4)5/h14-19H,9-13H2,1-8H3. The van der Waals surface area contributed by atoms with Crippen LogP contribution in [-0.4, -0.2) is 23.4 Å². The van der Waals surface area contributed by atoms with E-state index in [1.54, 1.807) is 0 Å². The molecule has 4 aliphatic rings. The summed E-state index contributed by atoms with van der Waals surface area (Å²) in [6, 6.07) is 0. The summed E-state index contributed by atoms with van der Waals surface area (Å²) < 4.78 is 13.0. The van der Waals surface area contributed by atoms with Crippen molar-refractivity contribution in [1.29, 1.82) is 0 Å². The Hall–Kier alpha value is -0.0800. The van der Waals surface area contributed by atoms with E-state index in [4.69, 9.17) is 9.47 Å². The van der Waals surface area contributed by atoms with Gasteiger partial charge in [0.1, 0.15) is 5.60 Å². The van der Waals surface area contributed by atoms with Crippen LogP contribution in [0.3, 0.4) is 0 Å². The van der Waals surface area contributed by atoms with Crippen molar-refractivity contribution < 1.29 is 9.47 Å². The highest BCUT2D eigenvalue weighted by Gasteiger charge is 2.71. The van der Waals surface area contributed by atoms with Gasteiger partial charge in [-0.15, -0.1) is 0 Å². The van der Waals surface area contributed by atoms with Gasteiger partial charge in [-0.3, -0.25) is 0 Å². The minimum Gasteiger partial charge on any atom is -0.366 e. The van der Waals surface area contributed by atoms with Crippen molar-refractivity contribution in [2.75, 3.05) is 0 Å². The van der Waals surface area contributed by atoms with E-state index in [0.29, 0.717) is 29.5 Å². The molecule has 0 aromatic rings. The smallest absolute Gasteiger partial charge is 0.100 e. The van der Waals surface area contributed by atoms with Crippen LogP contribution in [0.15, 0.2) is 0 Å². The van der Waals surface area contributed by atoms with E-state index in [0.717, 1.165) is 11.8 Å². The first-order valence-electron chi connectivity index (χ1n) is 10.7. The van der Waals surface area contributed by atoms with Gasteiger partial charge in [0.25, 0.3) is 0 Å². The summed E-state index contributed by atoms with van der Waals surface area (Å²) in [5.74, 6) is 2.97. The second-order valence-electron chi connectivity index (χ2n) is 12.3. The predicted octanol–water partition coefficient (Wildman–Crippen LogP) is 5.84. The topological polar surface area (TPSA) is 25.1 Å². The van der Waals surface area contributed by atoms with Crippen molar-refractivity contribution in [2.45, 2.75) is 111 Å². The summed E-state index contributed by atoms with van der Waals surface area (Å²) in [5.41, 5.74) is 0.916. The molecule has 8 unspecified atom stereocenters. The van der Waals surface area contributed by atoms with E-state index in [2.05, 4.69) is 55.4 Å². The number of fused-ring (bicyclic) bond motifs is 2. The van der Waals surface area contributed by atoms with Crippen LogP contribution in [0.1, 0.15) is 87.5 Å². The van der Waals surface area contributed by atoms with Crippen LogP contribution in [-0.2, 0) is 9.47 Å². The minimum absolute atomic E-state index is 0.139. The van der Waals surface area contributed by atoms with Crippen molar-refractivity contribution >= 4 is 0 Å². The van der Waals surface area contributed by atoms with Crippen molar-refractivity contribution in [2.24, 2.45) is 34.5 Å². The van der Waals surface area contributed by atoms with Crippen LogP contribution in [0, 0.1) is 34.5 Å². The zero-order valence-electron chi connectivity index (χ0n) is 17.8. The molecule has 2 aliphatic heterocycles. The molecule has 0 N–H and O–H groups in total. The van der Waals surface area contributed by atoms with Crippen LogP contribution in [0.25, 0.3) is 0 Å². The summed E-state index contributed by atoms with van der Waals surface area (Å²) in [4.78, 5) is 0. The van der Waals surface area contributed by atoms with Crippen molar-refractivity contribution in [1.82, 2.24) is 0 Å². The average Bonchev–Trinajstić information content (AvgIpc) is 3.28. The Morgan fingerprint density at radius 3 is 2.08 bits per heavy atom. The van der Waals surface area contributed by atoms with Crippen LogP contribution in [0.5, 0.6) is 0 Å². The maximum atomic E-state index is 6.54. The monoisotopic (exact) mass is 348 g/mol. The predicted molar refractivity (Wildman–Crippen MR) is 103 cm³/mol. The molecule has 2 heterocycles. The number of rotatable bonds is 2. The molecule has 2 saturated carbocycles. The molecule has 4 rings (SSSR count). The van der Waals surface area contributed by atoms with E-state index in [9.17, 15) is 0 Å². The van der Waals surface area contributed by atoms with Gasteiger partial charge in [-0.1, -0.05) is 55.4 Å². The Labute approximate surface area is 155 Å². The van der Waals surface area contributed by atoms with E-state index >= 15 is 0 Å². The van der Waals surface area contributed by atoms with Gasteiger partial charge in [0.2, 0.25) is 0 Å². The highest BCUT2D eigenvalue weighted by Crippen LogP contribution is 2.65. The molecule has 2 saturated heterocycles. The number of epoxide rings is 2. The summed E-state index contributed by atoms with van der Waals surface area (Å²) in [6.07, 6.45) is 7.40. The van der Waals surface area contributed by atoms with Gasteiger partial charge in [-0.25, -0.2) is 0 Å². The molecule has 0 aromatic carbocycles. The Bertz CT molecular complexity index is 541. The van der Waals surface area contributed by atoms with Gasteiger partial charge in [-0.05, 0) is 66.6 Å². The van der Waals surface area contributed by atoms with Gasteiger partial charge in [0.15, 0.2) is 0 Å². The lowest BCUT2D eigenvalue weighted by atomic mass is 9.61. The first-order valence-corrected chi connectivity index (χ1v) is 10.7. The molecule has 144 valence electrons. The van der Waals surface area contributed by atoms with E-state index in [1.165, 1.54) is 32.1 Å². The second-order valence-corrected chi connectivity index (χ2v) is 12.3. The summed E-state index contributed by atoms with van der Waals surface area (Å²) in [6.45, 7) is 19.2. The Morgan fingerprint density at radius 2 is 1.48 bits per heavy atom. The summed E-state index contributed by atoms with van der Waals surface area (Å²) >= 11 is 0. The first kappa shape index (κ1) is 18.3. The fraction of sp³-hybridized carbons (Fsp3) is 1.00. The Morgan fingerprint density at radius 1 is 0.840 bits per heavy atom. The summed E-state index contributed by atoms with van der Waals surface area (Å²) in [5, 5.41) is 0. The van der Waals surface area contributed by atoms with E-state index in [1.807, 2.05) is 0 Å². The molecule has 2 heteroatoms. The lowest BCUT2D eigenvalue weighted by molar-refractivity contribution is 0.114. The maximum Gasteiger partial charge on any atom is 0.100 e. The zero-order valence-corrected chi connectivity index (χ0v) is 17.8. The molecule has 0 spiro atoms. The van der Waals surface area contributed by atoms with Gasteiger partial charge in [0.05, 0.1) is 17.8 Å². The number of ether oxygens (including phenoxy) is 2. The molecule has 0 bridgehead atoms. The first-order chi connectivity index (χ1) is 11.4. The zero-order chi connectivity index (χ0) is 18.4. The fourth-order valence-electron chi connectivity index (χ4n) is 6.74. The average molecular weight is 349 g/mol. The maximum absolute atomic E-state index is 6.54. The lowest BCUT2D eigenvalue weighted by Crippen LogP contribution is -2.43. The fourth-order valence-corrected chi connectivity index (χ4v) is 6.74. The molecular formula is C23H40O2.